The van der Waals surface area contributed by atoms with Gasteiger partial charge in [0.05, 0.1) is 25.9 Å². The van der Waals surface area contributed by atoms with Crippen molar-refractivity contribution in [2.75, 3.05) is 26.4 Å². The Kier molecular flexibility index (Phi) is 8.90. The lowest BCUT2D eigenvalue weighted by atomic mass is 9.83. The molecular formula is C24H34N2O4. The summed E-state index contributed by atoms with van der Waals surface area (Å²) in [5, 5.41) is 6.20. The van der Waals surface area contributed by atoms with Crippen LogP contribution in [0.1, 0.15) is 67.8 Å². The number of fused-ring (bicyclic) bond motifs is 1. The van der Waals surface area contributed by atoms with Gasteiger partial charge in [-0.05, 0) is 56.6 Å². The Morgan fingerprint density at radius 2 is 1.90 bits per heavy atom. The smallest absolute Gasteiger partial charge is 0.252 e. The summed E-state index contributed by atoms with van der Waals surface area (Å²) in [5.74, 6) is -0.181. The Hall–Kier alpha value is -2.18. The zero-order valence-corrected chi connectivity index (χ0v) is 18.0. The number of benzene rings is 1. The number of carbonyl (C=O) groups excluding carboxylic acids is 2. The third-order valence-electron chi connectivity index (χ3n) is 5.70. The summed E-state index contributed by atoms with van der Waals surface area (Å²) >= 11 is 0. The van der Waals surface area contributed by atoms with Crippen LogP contribution in [0.4, 0.5) is 0 Å². The monoisotopic (exact) mass is 414 g/mol. The van der Waals surface area contributed by atoms with Crippen LogP contribution in [0.3, 0.4) is 0 Å². The molecule has 2 aliphatic rings. The van der Waals surface area contributed by atoms with Gasteiger partial charge in [0.1, 0.15) is 0 Å². The number of amides is 2. The van der Waals surface area contributed by atoms with Crippen LogP contribution in [0.25, 0.3) is 0 Å². The molecule has 1 saturated carbocycles. The molecule has 3 rings (SSSR count). The molecule has 1 fully saturated rings. The van der Waals surface area contributed by atoms with E-state index in [0.29, 0.717) is 38.5 Å². The molecule has 30 heavy (non-hydrogen) atoms. The van der Waals surface area contributed by atoms with Gasteiger partial charge in [0.2, 0.25) is 5.91 Å². The number of allylic oxidation sites excluding steroid dienone is 1. The largest absolute Gasteiger partial charge is 0.379 e. The number of ether oxygens (including phenoxy) is 2. The van der Waals surface area contributed by atoms with Crippen LogP contribution in [0, 0.1) is 0 Å². The van der Waals surface area contributed by atoms with Crippen molar-refractivity contribution in [3.8, 4) is 0 Å². The Balaban J connectivity index is 1.86. The van der Waals surface area contributed by atoms with E-state index in [4.69, 9.17) is 9.47 Å². The highest BCUT2D eigenvalue weighted by Gasteiger charge is 2.29. The lowest BCUT2D eigenvalue weighted by Gasteiger charge is -2.29. The van der Waals surface area contributed by atoms with E-state index < -0.39 is 0 Å². The second-order valence-corrected chi connectivity index (χ2v) is 7.97. The van der Waals surface area contributed by atoms with Crippen molar-refractivity contribution < 1.29 is 19.1 Å². The molecule has 1 aromatic carbocycles. The van der Waals surface area contributed by atoms with E-state index in [2.05, 4.69) is 10.6 Å². The van der Waals surface area contributed by atoms with Crippen molar-refractivity contribution in [2.45, 2.75) is 64.5 Å². The first-order chi connectivity index (χ1) is 14.7. The Bertz CT molecular complexity index is 753. The molecule has 6 heteroatoms. The maximum absolute atomic E-state index is 13.2. The zero-order chi connectivity index (χ0) is 21.2. The van der Waals surface area contributed by atoms with Crippen LogP contribution in [-0.4, -0.2) is 44.2 Å². The zero-order valence-electron chi connectivity index (χ0n) is 18.0. The standard InChI is InChI=1S/C24H34N2O4/c1-2-13-25-24(28)22(18-9-7-10-18)21-12-5-6-14-29-15-16-30-17-19-8-3-4-11-20(19)23(27)26-21/h3-4,8,11,21H,2,5-7,9-10,12-17H2,1H3,(H,25,28)(H,26,27). The van der Waals surface area contributed by atoms with E-state index in [-0.39, 0.29) is 17.9 Å². The van der Waals surface area contributed by atoms with E-state index >= 15 is 0 Å². The minimum absolute atomic E-state index is 0.0363. The van der Waals surface area contributed by atoms with Crippen LogP contribution >= 0.6 is 0 Å². The van der Waals surface area contributed by atoms with E-state index in [1.165, 1.54) is 5.57 Å². The fraction of sp³-hybridized carbons (Fsp3) is 0.583. The molecule has 2 N–H and O–H groups in total. The molecule has 1 unspecified atom stereocenters. The van der Waals surface area contributed by atoms with Gasteiger partial charge in [-0.15, -0.1) is 0 Å². The summed E-state index contributed by atoms with van der Waals surface area (Å²) in [4.78, 5) is 26.2. The minimum atomic E-state index is -0.290. The maximum Gasteiger partial charge on any atom is 0.252 e. The van der Waals surface area contributed by atoms with Gasteiger partial charge in [-0.2, -0.15) is 0 Å². The molecule has 0 radical (unpaired) electrons. The third kappa shape index (κ3) is 6.16. The predicted octanol–water partition coefficient (Wildman–Crippen LogP) is 3.51. The highest BCUT2D eigenvalue weighted by atomic mass is 16.5. The number of hydrogen-bond donors (Lipinski definition) is 2. The Morgan fingerprint density at radius 3 is 2.67 bits per heavy atom. The van der Waals surface area contributed by atoms with Crippen molar-refractivity contribution in [1.29, 1.82) is 0 Å². The normalized spacial score (nSPS) is 20.9. The van der Waals surface area contributed by atoms with Gasteiger partial charge in [-0.1, -0.05) is 30.7 Å². The summed E-state index contributed by atoms with van der Waals surface area (Å²) in [7, 11) is 0. The molecular weight excluding hydrogens is 380 g/mol. The molecule has 1 heterocycles. The Labute approximate surface area is 179 Å². The first-order valence-corrected chi connectivity index (χ1v) is 11.2. The number of rotatable bonds is 4. The third-order valence-corrected chi connectivity index (χ3v) is 5.70. The molecule has 6 nitrogen and oxygen atoms in total. The van der Waals surface area contributed by atoms with E-state index in [0.717, 1.165) is 56.1 Å². The molecule has 0 spiro atoms. The van der Waals surface area contributed by atoms with Crippen LogP contribution in [-0.2, 0) is 20.9 Å². The number of nitrogens with one attached hydrogen (secondary N) is 2. The first kappa shape index (κ1) is 22.5. The molecule has 1 aliphatic heterocycles. The lowest BCUT2D eigenvalue weighted by molar-refractivity contribution is -0.117. The van der Waals surface area contributed by atoms with E-state index in [1.807, 2.05) is 31.2 Å². The summed E-state index contributed by atoms with van der Waals surface area (Å²) in [6.45, 7) is 4.76. The number of hydrogen-bond acceptors (Lipinski definition) is 4. The summed E-state index contributed by atoms with van der Waals surface area (Å²) < 4.78 is 11.4. The van der Waals surface area contributed by atoms with Crippen molar-refractivity contribution in [3.63, 3.8) is 0 Å². The highest BCUT2D eigenvalue weighted by Crippen LogP contribution is 2.31. The maximum atomic E-state index is 13.2. The molecule has 1 atom stereocenters. The van der Waals surface area contributed by atoms with Gasteiger partial charge in [0.15, 0.2) is 0 Å². The topological polar surface area (TPSA) is 76.7 Å². The van der Waals surface area contributed by atoms with Gasteiger partial charge >= 0.3 is 0 Å². The highest BCUT2D eigenvalue weighted by molar-refractivity contribution is 5.99. The van der Waals surface area contributed by atoms with Gasteiger partial charge in [0, 0.05) is 24.3 Å². The summed E-state index contributed by atoms with van der Waals surface area (Å²) in [5.41, 5.74) is 3.40. The van der Waals surface area contributed by atoms with Crippen LogP contribution in [0.5, 0.6) is 0 Å². The van der Waals surface area contributed by atoms with Crippen LogP contribution in [0.15, 0.2) is 35.4 Å². The molecule has 1 aromatic rings. The van der Waals surface area contributed by atoms with Crippen molar-refractivity contribution in [2.24, 2.45) is 0 Å². The average Bonchev–Trinajstić information content (AvgIpc) is 2.72. The first-order valence-electron chi connectivity index (χ1n) is 11.2. The van der Waals surface area contributed by atoms with E-state index in [9.17, 15) is 9.59 Å². The fourth-order valence-electron chi connectivity index (χ4n) is 3.87. The molecule has 0 aromatic heterocycles. The second-order valence-electron chi connectivity index (χ2n) is 7.97. The van der Waals surface area contributed by atoms with Gasteiger partial charge in [-0.25, -0.2) is 0 Å². The molecule has 0 bridgehead atoms. The van der Waals surface area contributed by atoms with Crippen molar-refractivity contribution in [1.82, 2.24) is 10.6 Å². The van der Waals surface area contributed by atoms with Crippen LogP contribution in [0.2, 0.25) is 0 Å². The van der Waals surface area contributed by atoms with Gasteiger partial charge in [-0.3, -0.25) is 9.59 Å². The molecule has 1 aliphatic carbocycles. The predicted molar refractivity (Wildman–Crippen MR) is 116 cm³/mol. The van der Waals surface area contributed by atoms with E-state index in [1.54, 1.807) is 0 Å². The molecule has 2 amide bonds. The number of carbonyl (C=O) groups is 2. The second kappa shape index (κ2) is 11.9. The molecule has 164 valence electrons. The van der Waals surface area contributed by atoms with Crippen molar-refractivity contribution in [3.05, 3.63) is 46.5 Å². The summed E-state index contributed by atoms with van der Waals surface area (Å²) in [6, 6.07) is 7.21. The van der Waals surface area contributed by atoms with Gasteiger partial charge < -0.3 is 20.1 Å². The summed E-state index contributed by atoms with van der Waals surface area (Å²) in [6.07, 6.45) is 6.37. The SMILES string of the molecule is CCCNC(=O)C(=C1CCC1)C1CCCCOCCOCc2ccccc2C(=O)N1. The lowest BCUT2D eigenvalue weighted by Crippen LogP contribution is -2.43. The molecule has 0 saturated heterocycles. The quantitative estimate of drug-likeness (QED) is 0.740. The minimum Gasteiger partial charge on any atom is -0.379 e. The van der Waals surface area contributed by atoms with Crippen LogP contribution < -0.4 is 10.6 Å². The van der Waals surface area contributed by atoms with Gasteiger partial charge in [0.25, 0.3) is 5.91 Å². The Morgan fingerprint density at radius 1 is 1.10 bits per heavy atom. The van der Waals surface area contributed by atoms with Crippen molar-refractivity contribution >= 4 is 11.8 Å². The average molecular weight is 415 g/mol. The fourth-order valence-corrected chi connectivity index (χ4v) is 3.87.